The van der Waals surface area contributed by atoms with Gasteiger partial charge in [-0.1, -0.05) is 31.9 Å². The van der Waals surface area contributed by atoms with Crippen molar-refractivity contribution in [3.8, 4) is 5.75 Å². The van der Waals surface area contributed by atoms with E-state index in [1.807, 2.05) is 12.1 Å². The van der Waals surface area contributed by atoms with Crippen LogP contribution in [0.4, 0.5) is 0 Å². The number of benzene rings is 1. The van der Waals surface area contributed by atoms with Crippen LogP contribution in [0.3, 0.4) is 0 Å². The Labute approximate surface area is 126 Å². The second-order valence-electron chi connectivity index (χ2n) is 5.38. The largest absolute Gasteiger partial charge is 0.494 e. The van der Waals surface area contributed by atoms with E-state index in [1.165, 1.54) is 31.2 Å². The van der Waals surface area contributed by atoms with E-state index in [0.29, 0.717) is 0 Å². The molecule has 0 amide bonds. The Morgan fingerprint density at radius 1 is 1.30 bits per heavy atom. The molecule has 3 nitrogen and oxygen atoms in total. The van der Waals surface area contributed by atoms with E-state index in [4.69, 9.17) is 10.6 Å². The predicted octanol–water partition coefficient (Wildman–Crippen LogP) is 3.66. The summed E-state index contributed by atoms with van der Waals surface area (Å²) in [5.41, 5.74) is 4.18. The molecule has 0 aliphatic heterocycles. The summed E-state index contributed by atoms with van der Waals surface area (Å²) >= 11 is 2.06. The molecule has 0 heterocycles. The number of hydrazine groups is 1. The Hall–Kier alpha value is -0.710. The summed E-state index contributed by atoms with van der Waals surface area (Å²) in [7, 11) is 0. The van der Waals surface area contributed by atoms with Gasteiger partial charge in [-0.05, 0) is 37.0 Å². The van der Waals surface area contributed by atoms with Crippen LogP contribution in [0.2, 0.25) is 0 Å². The van der Waals surface area contributed by atoms with Gasteiger partial charge < -0.3 is 4.74 Å². The number of nitrogens with two attached hydrogens (primary N) is 1. The zero-order valence-corrected chi connectivity index (χ0v) is 13.1. The summed E-state index contributed by atoms with van der Waals surface area (Å²) < 4.78 is 5.61. The van der Waals surface area contributed by atoms with Gasteiger partial charge in [0.2, 0.25) is 0 Å². The second-order valence-corrected chi connectivity index (χ2v) is 6.71. The van der Waals surface area contributed by atoms with Crippen molar-refractivity contribution >= 4 is 11.8 Å². The van der Waals surface area contributed by atoms with E-state index in [-0.39, 0.29) is 6.04 Å². The minimum Gasteiger partial charge on any atom is -0.494 e. The highest BCUT2D eigenvalue weighted by Gasteiger charge is 2.18. The molecule has 0 bridgehead atoms. The van der Waals surface area contributed by atoms with E-state index < -0.39 is 0 Å². The fourth-order valence-corrected chi connectivity index (χ4v) is 3.96. The van der Waals surface area contributed by atoms with Gasteiger partial charge in [-0.3, -0.25) is 11.3 Å². The lowest BCUT2D eigenvalue weighted by Gasteiger charge is -2.18. The fourth-order valence-electron chi connectivity index (χ4n) is 2.54. The maximum absolute atomic E-state index is 5.71. The summed E-state index contributed by atoms with van der Waals surface area (Å²) in [6.45, 7) is 2.89. The molecule has 112 valence electrons. The molecule has 3 N–H and O–H groups in total. The van der Waals surface area contributed by atoms with Gasteiger partial charge in [0.05, 0.1) is 12.6 Å². The van der Waals surface area contributed by atoms with Crippen LogP contribution in [0.1, 0.15) is 50.6 Å². The van der Waals surface area contributed by atoms with E-state index in [9.17, 15) is 0 Å². The van der Waals surface area contributed by atoms with E-state index in [0.717, 1.165) is 29.8 Å². The van der Waals surface area contributed by atoms with Gasteiger partial charge in [0, 0.05) is 11.0 Å². The van der Waals surface area contributed by atoms with Gasteiger partial charge >= 0.3 is 0 Å². The lowest BCUT2D eigenvalue weighted by molar-refractivity contribution is 0.317. The normalized spacial score (nSPS) is 17.3. The van der Waals surface area contributed by atoms with E-state index in [2.05, 4.69) is 36.2 Å². The molecule has 1 aromatic rings. The number of hydrogen-bond acceptors (Lipinski definition) is 4. The maximum Gasteiger partial charge on any atom is 0.119 e. The van der Waals surface area contributed by atoms with Crippen molar-refractivity contribution in [2.75, 3.05) is 12.4 Å². The molecule has 20 heavy (non-hydrogen) atoms. The lowest BCUT2D eigenvalue weighted by atomic mass is 10.1. The van der Waals surface area contributed by atoms with Gasteiger partial charge in [-0.25, -0.2) is 0 Å². The van der Waals surface area contributed by atoms with Gasteiger partial charge in [-0.15, -0.1) is 0 Å². The molecular weight excluding hydrogens is 268 g/mol. The Bertz CT molecular complexity index is 377. The number of rotatable bonds is 8. The Kier molecular flexibility index (Phi) is 6.70. The third kappa shape index (κ3) is 4.69. The minimum atomic E-state index is 0.223. The first-order valence-corrected chi connectivity index (χ1v) is 8.69. The molecular formula is C16H26N2OS. The second kappa shape index (κ2) is 8.55. The van der Waals surface area contributed by atoms with Crippen LogP contribution >= 0.6 is 11.8 Å². The van der Waals surface area contributed by atoms with Crippen molar-refractivity contribution in [2.45, 2.75) is 50.3 Å². The van der Waals surface area contributed by atoms with E-state index >= 15 is 0 Å². The van der Waals surface area contributed by atoms with Gasteiger partial charge in [0.1, 0.15) is 5.75 Å². The standard InChI is InChI=1S/C16H26N2OS/c1-2-11-19-14-9-7-13(8-10-14)16(18-17)12-20-15-5-3-4-6-15/h7-10,15-16,18H,2-6,11-12,17H2,1H3. The van der Waals surface area contributed by atoms with Crippen molar-refractivity contribution in [1.29, 1.82) is 0 Å². The molecule has 1 saturated carbocycles. The molecule has 1 fully saturated rings. The van der Waals surface area contributed by atoms with Crippen LogP contribution in [0, 0.1) is 0 Å². The first-order chi connectivity index (χ1) is 9.83. The summed E-state index contributed by atoms with van der Waals surface area (Å²) in [5, 5.41) is 0.831. The van der Waals surface area contributed by atoms with Crippen molar-refractivity contribution in [2.24, 2.45) is 5.84 Å². The third-order valence-electron chi connectivity index (χ3n) is 3.76. The minimum absolute atomic E-state index is 0.223. The summed E-state index contributed by atoms with van der Waals surface area (Å²) in [6, 6.07) is 8.53. The van der Waals surface area contributed by atoms with Crippen LogP contribution < -0.4 is 16.0 Å². The highest BCUT2D eigenvalue weighted by Crippen LogP contribution is 2.32. The topological polar surface area (TPSA) is 47.3 Å². The highest BCUT2D eigenvalue weighted by atomic mass is 32.2. The lowest BCUT2D eigenvalue weighted by Crippen LogP contribution is -2.30. The first-order valence-electron chi connectivity index (χ1n) is 7.64. The average molecular weight is 294 g/mol. The van der Waals surface area contributed by atoms with Crippen LogP contribution in [0.25, 0.3) is 0 Å². The molecule has 0 spiro atoms. The molecule has 1 aromatic carbocycles. The molecule has 0 aromatic heterocycles. The van der Waals surface area contributed by atoms with Gasteiger partial charge in [0.15, 0.2) is 0 Å². The molecule has 4 heteroatoms. The van der Waals surface area contributed by atoms with Gasteiger partial charge in [-0.2, -0.15) is 11.8 Å². The molecule has 1 atom stereocenters. The van der Waals surface area contributed by atoms with Gasteiger partial charge in [0.25, 0.3) is 0 Å². The molecule has 1 aliphatic carbocycles. The summed E-state index contributed by atoms with van der Waals surface area (Å²) in [4.78, 5) is 0. The molecule has 0 radical (unpaired) electrons. The summed E-state index contributed by atoms with van der Waals surface area (Å²) in [6.07, 6.45) is 6.55. The smallest absolute Gasteiger partial charge is 0.119 e. The number of nitrogens with one attached hydrogen (secondary N) is 1. The number of ether oxygens (including phenoxy) is 1. The van der Waals surface area contributed by atoms with Crippen molar-refractivity contribution in [3.63, 3.8) is 0 Å². The zero-order valence-electron chi connectivity index (χ0n) is 12.3. The van der Waals surface area contributed by atoms with Crippen molar-refractivity contribution < 1.29 is 4.74 Å². The number of thioether (sulfide) groups is 1. The van der Waals surface area contributed by atoms with Crippen LogP contribution in [-0.2, 0) is 0 Å². The van der Waals surface area contributed by atoms with Crippen LogP contribution in [0.15, 0.2) is 24.3 Å². The van der Waals surface area contributed by atoms with Crippen molar-refractivity contribution in [3.05, 3.63) is 29.8 Å². The molecule has 0 saturated heterocycles. The monoisotopic (exact) mass is 294 g/mol. The Morgan fingerprint density at radius 2 is 2.00 bits per heavy atom. The number of hydrogen-bond donors (Lipinski definition) is 2. The average Bonchev–Trinajstić information content (AvgIpc) is 3.00. The van der Waals surface area contributed by atoms with Crippen LogP contribution in [0.5, 0.6) is 5.75 Å². The van der Waals surface area contributed by atoms with Crippen LogP contribution in [-0.4, -0.2) is 17.6 Å². The SMILES string of the molecule is CCCOc1ccc(C(CSC2CCCC2)NN)cc1. The zero-order chi connectivity index (χ0) is 14.2. The first kappa shape index (κ1) is 15.7. The fraction of sp³-hybridized carbons (Fsp3) is 0.625. The maximum atomic E-state index is 5.71. The molecule has 1 unspecified atom stereocenters. The third-order valence-corrected chi connectivity index (χ3v) is 5.23. The Morgan fingerprint density at radius 3 is 2.60 bits per heavy atom. The molecule has 2 rings (SSSR count). The Balaban J connectivity index is 1.85. The molecule has 1 aliphatic rings. The quantitative estimate of drug-likeness (QED) is 0.567. The van der Waals surface area contributed by atoms with E-state index in [1.54, 1.807) is 0 Å². The van der Waals surface area contributed by atoms with Crippen molar-refractivity contribution in [1.82, 2.24) is 5.43 Å². The highest BCUT2D eigenvalue weighted by molar-refractivity contribution is 7.99. The predicted molar refractivity (Wildman–Crippen MR) is 87.0 cm³/mol. The summed E-state index contributed by atoms with van der Waals surface area (Å²) in [5.74, 6) is 7.69.